The molecule has 1 unspecified atom stereocenters. The first-order valence-corrected chi connectivity index (χ1v) is 7.65. The maximum absolute atomic E-state index is 12.3. The second kappa shape index (κ2) is 6.15. The standard InChI is InChI=1S/C16H29NO3/c1-6-16(5,14(19)20)17-13(18)11-7-9-12(10-8-11)15(2,3)4/h11-12H,6-10H2,1-5H3,(H,17,18)(H,19,20). The molecular weight excluding hydrogens is 254 g/mol. The molecule has 1 rings (SSSR count). The van der Waals surface area contributed by atoms with Crippen LogP contribution < -0.4 is 5.32 Å². The highest BCUT2D eigenvalue weighted by Gasteiger charge is 2.37. The quantitative estimate of drug-likeness (QED) is 0.832. The van der Waals surface area contributed by atoms with Crippen LogP contribution in [0.2, 0.25) is 0 Å². The third-order valence-corrected chi connectivity index (χ3v) is 4.90. The molecule has 0 aromatic rings. The number of aliphatic carboxylic acids is 1. The topological polar surface area (TPSA) is 66.4 Å². The molecule has 0 aliphatic heterocycles. The van der Waals surface area contributed by atoms with Gasteiger partial charge in [-0.05, 0) is 50.4 Å². The van der Waals surface area contributed by atoms with Crippen molar-refractivity contribution >= 4 is 11.9 Å². The van der Waals surface area contributed by atoms with Crippen molar-refractivity contribution in [1.29, 1.82) is 0 Å². The van der Waals surface area contributed by atoms with Crippen LogP contribution in [-0.2, 0) is 9.59 Å². The lowest BCUT2D eigenvalue weighted by atomic mass is 9.69. The van der Waals surface area contributed by atoms with E-state index in [1.54, 1.807) is 13.8 Å². The van der Waals surface area contributed by atoms with Crippen LogP contribution in [-0.4, -0.2) is 22.5 Å². The lowest BCUT2D eigenvalue weighted by Gasteiger charge is -2.37. The number of carboxylic acid groups (broad SMARTS) is 1. The number of nitrogens with one attached hydrogen (secondary N) is 1. The van der Waals surface area contributed by atoms with Crippen LogP contribution in [0.25, 0.3) is 0 Å². The zero-order chi connectivity index (χ0) is 15.6. The highest BCUT2D eigenvalue weighted by Crippen LogP contribution is 2.39. The minimum atomic E-state index is -1.14. The fourth-order valence-electron chi connectivity index (χ4n) is 2.89. The lowest BCUT2D eigenvalue weighted by molar-refractivity contribution is -0.148. The molecule has 1 atom stereocenters. The fraction of sp³-hybridized carbons (Fsp3) is 0.875. The summed E-state index contributed by atoms with van der Waals surface area (Å²) in [4.78, 5) is 23.5. The number of carbonyl (C=O) groups excluding carboxylic acids is 1. The Kier molecular flexibility index (Phi) is 5.22. The zero-order valence-electron chi connectivity index (χ0n) is 13.5. The summed E-state index contributed by atoms with van der Waals surface area (Å²) in [6, 6.07) is 0. The van der Waals surface area contributed by atoms with Gasteiger partial charge in [-0.15, -0.1) is 0 Å². The summed E-state index contributed by atoms with van der Waals surface area (Å²) < 4.78 is 0. The monoisotopic (exact) mass is 283 g/mol. The molecule has 0 aromatic carbocycles. The molecule has 1 aliphatic rings. The summed E-state index contributed by atoms with van der Waals surface area (Å²) in [5, 5.41) is 11.9. The summed E-state index contributed by atoms with van der Waals surface area (Å²) in [7, 11) is 0. The molecule has 1 amide bonds. The predicted octanol–water partition coefficient (Wildman–Crippen LogP) is 3.21. The first kappa shape index (κ1) is 17.0. The second-order valence-electron chi connectivity index (χ2n) is 7.39. The number of rotatable bonds is 4. The van der Waals surface area contributed by atoms with E-state index in [1.165, 1.54) is 0 Å². The highest BCUT2D eigenvalue weighted by atomic mass is 16.4. The summed E-state index contributed by atoms with van der Waals surface area (Å²) in [6.45, 7) is 10.1. The van der Waals surface area contributed by atoms with E-state index >= 15 is 0 Å². The minimum Gasteiger partial charge on any atom is -0.480 e. The van der Waals surface area contributed by atoms with Crippen molar-refractivity contribution in [3.05, 3.63) is 0 Å². The molecule has 0 aromatic heterocycles. The Bertz CT molecular complexity index is 364. The van der Waals surface area contributed by atoms with Crippen molar-refractivity contribution < 1.29 is 14.7 Å². The van der Waals surface area contributed by atoms with Crippen molar-refractivity contribution in [2.24, 2.45) is 17.3 Å². The van der Waals surface area contributed by atoms with Gasteiger partial charge in [0.2, 0.25) is 5.91 Å². The van der Waals surface area contributed by atoms with Crippen molar-refractivity contribution in [3.63, 3.8) is 0 Å². The molecule has 1 fully saturated rings. The van der Waals surface area contributed by atoms with E-state index < -0.39 is 11.5 Å². The minimum absolute atomic E-state index is 0.0289. The molecule has 20 heavy (non-hydrogen) atoms. The molecule has 0 radical (unpaired) electrons. The average Bonchev–Trinajstić information content (AvgIpc) is 2.37. The van der Waals surface area contributed by atoms with Crippen LogP contribution in [0, 0.1) is 17.3 Å². The zero-order valence-corrected chi connectivity index (χ0v) is 13.5. The molecule has 0 bridgehead atoms. The Morgan fingerprint density at radius 2 is 1.60 bits per heavy atom. The highest BCUT2D eigenvalue weighted by molar-refractivity contribution is 5.87. The molecule has 2 N–H and O–H groups in total. The third-order valence-electron chi connectivity index (χ3n) is 4.90. The first-order valence-electron chi connectivity index (χ1n) is 7.65. The van der Waals surface area contributed by atoms with Crippen LogP contribution in [0.15, 0.2) is 0 Å². The van der Waals surface area contributed by atoms with E-state index in [2.05, 4.69) is 26.1 Å². The molecule has 116 valence electrons. The van der Waals surface area contributed by atoms with Gasteiger partial charge in [0.25, 0.3) is 0 Å². The van der Waals surface area contributed by atoms with Gasteiger partial charge < -0.3 is 10.4 Å². The van der Waals surface area contributed by atoms with Crippen LogP contribution in [0.5, 0.6) is 0 Å². The van der Waals surface area contributed by atoms with Gasteiger partial charge in [-0.3, -0.25) is 4.79 Å². The van der Waals surface area contributed by atoms with Crippen LogP contribution in [0.3, 0.4) is 0 Å². The number of amides is 1. The average molecular weight is 283 g/mol. The van der Waals surface area contributed by atoms with Gasteiger partial charge in [-0.1, -0.05) is 27.7 Å². The van der Waals surface area contributed by atoms with Gasteiger partial charge >= 0.3 is 5.97 Å². The van der Waals surface area contributed by atoms with Gasteiger partial charge in [0, 0.05) is 5.92 Å². The molecule has 0 heterocycles. The van der Waals surface area contributed by atoms with E-state index in [0.29, 0.717) is 17.8 Å². The lowest BCUT2D eigenvalue weighted by Crippen LogP contribution is -2.53. The smallest absolute Gasteiger partial charge is 0.329 e. The van der Waals surface area contributed by atoms with E-state index in [0.717, 1.165) is 25.7 Å². The maximum atomic E-state index is 12.3. The summed E-state index contributed by atoms with van der Waals surface area (Å²) in [6.07, 6.45) is 4.24. The van der Waals surface area contributed by atoms with Crippen molar-refractivity contribution in [1.82, 2.24) is 5.32 Å². The summed E-state index contributed by atoms with van der Waals surface area (Å²) >= 11 is 0. The SMILES string of the molecule is CCC(C)(NC(=O)C1CCC(C(C)(C)C)CC1)C(=O)O. The Balaban J connectivity index is 2.57. The van der Waals surface area contributed by atoms with Crippen LogP contribution in [0.4, 0.5) is 0 Å². The van der Waals surface area contributed by atoms with E-state index in [9.17, 15) is 14.7 Å². The molecule has 0 spiro atoms. The van der Waals surface area contributed by atoms with Crippen molar-refractivity contribution in [2.75, 3.05) is 0 Å². The molecule has 4 heteroatoms. The molecule has 1 aliphatic carbocycles. The fourth-order valence-corrected chi connectivity index (χ4v) is 2.89. The molecule has 0 saturated heterocycles. The number of hydrogen-bond donors (Lipinski definition) is 2. The van der Waals surface area contributed by atoms with Gasteiger partial charge in [-0.25, -0.2) is 4.79 Å². The van der Waals surface area contributed by atoms with E-state index in [-0.39, 0.29) is 11.8 Å². The molecular formula is C16H29NO3. The van der Waals surface area contributed by atoms with Gasteiger partial charge in [-0.2, -0.15) is 0 Å². The van der Waals surface area contributed by atoms with Crippen LogP contribution >= 0.6 is 0 Å². The molecule has 1 saturated carbocycles. The Morgan fingerprint density at radius 1 is 1.10 bits per heavy atom. The second-order valence-corrected chi connectivity index (χ2v) is 7.39. The summed E-state index contributed by atoms with van der Waals surface area (Å²) in [5.41, 5.74) is -0.849. The van der Waals surface area contributed by atoms with Gasteiger partial charge in [0.15, 0.2) is 0 Å². The Labute approximate surface area is 122 Å². The van der Waals surface area contributed by atoms with E-state index in [4.69, 9.17) is 0 Å². The largest absolute Gasteiger partial charge is 0.480 e. The van der Waals surface area contributed by atoms with Crippen LogP contribution in [0.1, 0.15) is 66.7 Å². The number of carboxylic acids is 1. The van der Waals surface area contributed by atoms with Crippen molar-refractivity contribution in [3.8, 4) is 0 Å². The van der Waals surface area contributed by atoms with E-state index in [1.807, 2.05) is 0 Å². The normalized spacial score (nSPS) is 26.6. The third kappa shape index (κ3) is 3.97. The Hall–Kier alpha value is -1.06. The maximum Gasteiger partial charge on any atom is 0.329 e. The van der Waals surface area contributed by atoms with Crippen molar-refractivity contribution in [2.45, 2.75) is 72.3 Å². The molecule has 4 nitrogen and oxygen atoms in total. The number of carbonyl (C=O) groups is 2. The first-order chi connectivity index (χ1) is 9.10. The summed E-state index contributed by atoms with van der Waals surface area (Å²) in [5.74, 6) is -0.428. The predicted molar refractivity (Wildman–Crippen MR) is 79.4 cm³/mol. The Morgan fingerprint density at radius 3 is 1.95 bits per heavy atom. The number of hydrogen-bond acceptors (Lipinski definition) is 2. The van der Waals surface area contributed by atoms with Gasteiger partial charge in [0.1, 0.15) is 5.54 Å². The van der Waals surface area contributed by atoms with Gasteiger partial charge in [0.05, 0.1) is 0 Å².